The van der Waals surface area contributed by atoms with Gasteiger partial charge in [-0.1, -0.05) is 56.0 Å². The predicted octanol–water partition coefficient (Wildman–Crippen LogP) is 3.22. The number of amides is 1. The molecule has 4 heteroatoms. The van der Waals surface area contributed by atoms with Crippen LogP contribution in [-0.4, -0.2) is 44.6 Å². The molecule has 0 aliphatic heterocycles. The Kier molecular flexibility index (Phi) is 10.3. The number of likely N-dealkylation sites (N-methyl/N-ethyl adjacent to an activating group) is 2. The molecule has 0 aliphatic rings. The fourth-order valence-electron chi connectivity index (χ4n) is 2.55. The van der Waals surface area contributed by atoms with Gasteiger partial charge in [-0.25, -0.2) is 0 Å². The number of carbonyl (C=O) groups is 1. The van der Waals surface area contributed by atoms with Gasteiger partial charge >= 0.3 is 0 Å². The summed E-state index contributed by atoms with van der Waals surface area (Å²) in [5.74, 6) is 0.168. The molecule has 0 spiro atoms. The first-order chi connectivity index (χ1) is 11.1. The molecule has 0 saturated heterocycles. The van der Waals surface area contributed by atoms with E-state index in [1.165, 1.54) is 24.8 Å². The molecule has 1 unspecified atom stereocenters. The summed E-state index contributed by atoms with van der Waals surface area (Å²) in [6, 6.07) is 10.2. The average molecular weight is 320 g/mol. The molecule has 1 rings (SSSR count). The summed E-state index contributed by atoms with van der Waals surface area (Å²) < 4.78 is 5.68. The van der Waals surface area contributed by atoms with Crippen molar-refractivity contribution < 1.29 is 9.53 Å². The van der Waals surface area contributed by atoms with Crippen LogP contribution in [-0.2, 0) is 16.1 Å². The molecule has 0 aromatic heterocycles. The SMILES string of the molecule is CNC(CCCCCCCOCc1ccccc1)C(=O)N(C)C. The lowest BCUT2D eigenvalue weighted by atomic mass is 10.1. The Bertz CT molecular complexity index is 421. The van der Waals surface area contributed by atoms with E-state index in [-0.39, 0.29) is 11.9 Å². The molecule has 0 aliphatic carbocycles. The Morgan fingerprint density at radius 1 is 1.09 bits per heavy atom. The number of nitrogens with zero attached hydrogens (tertiary/aromatic N) is 1. The van der Waals surface area contributed by atoms with Gasteiger partial charge < -0.3 is 15.0 Å². The maximum Gasteiger partial charge on any atom is 0.239 e. The predicted molar refractivity (Wildman–Crippen MR) is 95.3 cm³/mol. The Labute approximate surface area is 141 Å². The van der Waals surface area contributed by atoms with Crippen molar-refractivity contribution in [1.29, 1.82) is 0 Å². The fourth-order valence-corrected chi connectivity index (χ4v) is 2.55. The third kappa shape index (κ3) is 8.72. The van der Waals surface area contributed by atoms with Gasteiger partial charge in [0.2, 0.25) is 5.91 Å². The monoisotopic (exact) mass is 320 g/mol. The number of rotatable bonds is 12. The first kappa shape index (κ1) is 19.7. The van der Waals surface area contributed by atoms with Gasteiger partial charge in [0.1, 0.15) is 0 Å². The van der Waals surface area contributed by atoms with Crippen molar-refractivity contribution >= 4 is 5.91 Å². The van der Waals surface area contributed by atoms with Crippen molar-refractivity contribution in [3.63, 3.8) is 0 Å². The minimum atomic E-state index is -0.0424. The number of carbonyl (C=O) groups excluding carboxylic acids is 1. The van der Waals surface area contributed by atoms with Crippen LogP contribution < -0.4 is 5.32 Å². The third-order valence-corrected chi connectivity index (χ3v) is 3.98. The van der Waals surface area contributed by atoms with Gasteiger partial charge in [-0.3, -0.25) is 4.79 Å². The number of benzene rings is 1. The van der Waals surface area contributed by atoms with Crippen molar-refractivity contribution in [2.24, 2.45) is 0 Å². The number of unbranched alkanes of at least 4 members (excludes halogenated alkanes) is 4. The maximum atomic E-state index is 11.9. The van der Waals surface area contributed by atoms with E-state index >= 15 is 0 Å². The van der Waals surface area contributed by atoms with Crippen LogP contribution in [0.25, 0.3) is 0 Å². The largest absolute Gasteiger partial charge is 0.377 e. The van der Waals surface area contributed by atoms with Crippen LogP contribution in [0.5, 0.6) is 0 Å². The second-order valence-corrected chi connectivity index (χ2v) is 6.17. The normalized spacial score (nSPS) is 12.1. The molecule has 1 amide bonds. The fraction of sp³-hybridized carbons (Fsp3) is 0.632. The molecule has 1 N–H and O–H groups in total. The van der Waals surface area contributed by atoms with Gasteiger partial charge in [0.15, 0.2) is 0 Å². The van der Waals surface area contributed by atoms with Crippen LogP contribution in [0.4, 0.5) is 0 Å². The van der Waals surface area contributed by atoms with E-state index in [2.05, 4.69) is 17.4 Å². The first-order valence-corrected chi connectivity index (χ1v) is 8.65. The van der Waals surface area contributed by atoms with Crippen LogP contribution >= 0.6 is 0 Å². The van der Waals surface area contributed by atoms with E-state index in [9.17, 15) is 4.79 Å². The molecule has 1 aromatic rings. The van der Waals surface area contributed by atoms with Crippen molar-refractivity contribution in [3.8, 4) is 0 Å². The second kappa shape index (κ2) is 12.1. The molecule has 1 aromatic carbocycles. The highest BCUT2D eigenvalue weighted by Gasteiger charge is 2.16. The highest BCUT2D eigenvalue weighted by molar-refractivity contribution is 5.81. The van der Waals surface area contributed by atoms with Gasteiger partial charge in [0, 0.05) is 20.7 Å². The number of hydrogen-bond acceptors (Lipinski definition) is 3. The van der Waals surface area contributed by atoms with E-state index in [1.807, 2.05) is 39.3 Å². The smallest absolute Gasteiger partial charge is 0.239 e. The second-order valence-electron chi connectivity index (χ2n) is 6.17. The standard InChI is InChI=1S/C19H32N2O2/c1-20-18(19(22)21(2)3)14-10-5-4-6-11-15-23-16-17-12-8-7-9-13-17/h7-9,12-13,18,20H,4-6,10-11,14-16H2,1-3H3. The van der Waals surface area contributed by atoms with Crippen LogP contribution in [0.1, 0.15) is 44.1 Å². The lowest BCUT2D eigenvalue weighted by molar-refractivity contribution is -0.130. The molecule has 0 heterocycles. The van der Waals surface area contributed by atoms with Gasteiger partial charge in [0.25, 0.3) is 0 Å². The lowest BCUT2D eigenvalue weighted by Gasteiger charge is -2.19. The molecule has 0 bridgehead atoms. The molecule has 0 fully saturated rings. The van der Waals surface area contributed by atoms with E-state index in [1.54, 1.807) is 4.90 Å². The maximum absolute atomic E-state index is 11.9. The summed E-state index contributed by atoms with van der Waals surface area (Å²) in [4.78, 5) is 13.5. The topological polar surface area (TPSA) is 41.6 Å². The summed E-state index contributed by atoms with van der Waals surface area (Å²) in [6.45, 7) is 1.53. The molecule has 4 nitrogen and oxygen atoms in total. The van der Waals surface area contributed by atoms with Gasteiger partial charge in [-0.05, 0) is 25.5 Å². The Morgan fingerprint density at radius 3 is 2.39 bits per heavy atom. The molecular formula is C19H32N2O2. The molecule has 0 saturated carbocycles. The van der Waals surface area contributed by atoms with E-state index < -0.39 is 0 Å². The average Bonchev–Trinajstić information content (AvgIpc) is 2.57. The molecule has 0 radical (unpaired) electrons. The zero-order valence-corrected chi connectivity index (χ0v) is 14.9. The zero-order valence-electron chi connectivity index (χ0n) is 14.9. The summed E-state index contributed by atoms with van der Waals surface area (Å²) >= 11 is 0. The van der Waals surface area contributed by atoms with Crippen LogP contribution in [0.3, 0.4) is 0 Å². The number of nitrogens with one attached hydrogen (secondary N) is 1. The summed E-state index contributed by atoms with van der Waals surface area (Å²) in [6.07, 6.45) is 6.70. The van der Waals surface area contributed by atoms with Crippen LogP contribution in [0, 0.1) is 0 Å². The highest BCUT2D eigenvalue weighted by atomic mass is 16.5. The van der Waals surface area contributed by atoms with Crippen LogP contribution in [0.15, 0.2) is 30.3 Å². The van der Waals surface area contributed by atoms with Gasteiger partial charge in [-0.2, -0.15) is 0 Å². The summed E-state index contributed by atoms with van der Waals surface area (Å²) in [7, 11) is 5.47. The summed E-state index contributed by atoms with van der Waals surface area (Å²) in [5.41, 5.74) is 1.23. The molecule has 1 atom stereocenters. The van der Waals surface area contributed by atoms with Gasteiger partial charge in [0.05, 0.1) is 12.6 Å². The molecule has 130 valence electrons. The third-order valence-electron chi connectivity index (χ3n) is 3.98. The summed E-state index contributed by atoms with van der Waals surface area (Å²) in [5, 5.41) is 3.11. The van der Waals surface area contributed by atoms with E-state index in [4.69, 9.17) is 4.74 Å². The molecular weight excluding hydrogens is 288 g/mol. The number of ether oxygens (including phenoxy) is 1. The van der Waals surface area contributed by atoms with E-state index in [0.717, 1.165) is 25.9 Å². The number of hydrogen-bond donors (Lipinski definition) is 1. The minimum Gasteiger partial charge on any atom is -0.377 e. The van der Waals surface area contributed by atoms with Crippen molar-refractivity contribution in [2.75, 3.05) is 27.7 Å². The van der Waals surface area contributed by atoms with Gasteiger partial charge in [-0.15, -0.1) is 0 Å². The Morgan fingerprint density at radius 2 is 1.74 bits per heavy atom. The van der Waals surface area contributed by atoms with Crippen molar-refractivity contribution in [2.45, 2.75) is 51.2 Å². The Hall–Kier alpha value is -1.39. The lowest BCUT2D eigenvalue weighted by Crippen LogP contribution is -2.41. The van der Waals surface area contributed by atoms with Crippen molar-refractivity contribution in [3.05, 3.63) is 35.9 Å². The Balaban J connectivity index is 1.96. The van der Waals surface area contributed by atoms with Crippen LogP contribution in [0.2, 0.25) is 0 Å². The van der Waals surface area contributed by atoms with Crippen molar-refractivity contribution in [1.82, 2.24) is 10.2 Å². The first-order valence-electron chi connectivity index (χ1n) is 8.65. The molecule has 23 heavy (non-hydrogen) atoms. The minimum absolute atomic E-state index is 0.0424. The van der Waals surface area contributed by atoms with E-state index in [0.29, 0.717) is 6.61 Å². The highest BCUT2D eigenvalue weighted by Crippen LogP contribution is 2.09. The quantitative estimate of drug-likeness (QED) is 0.601. The zero-order chi connectivity index (χ0) is 16.9.